The number of carbonyl (C=O) groups is 2. The first-order valence-corrected chi connectivity index (χ1v) is 14.1. The topological polar surface area (TPSA) is 86.8 Å². The van der Waals surface area contributed by atoms with Crippen molar-refractivity contribution in [1.29, 1.82) is 0 Å². The number of sulfonamides is 1. The number of rotatable bonds is 12. The summed E-state index contributed by atoms with van der Waals surface area (Å²) in [5, 5.41) is 3.34. The Bertz CT molecular complexity index is 1120. The van der Waals surface area contributed by atoms with Gasteiger partial charge in [-0.2, -0.15) is 0 Å². The molecule has 192 valence electrons. The Balaban J connectivity index is 2.41. The Morgan fingerprint density at radius 3 is 2.23 bits per heavy atom. The van der Waals surface area contributed by atoms with Gasteiger partial charge in [-0.05, 0) is 43.5 Å². The smallest absolute Gasteiger partial charge is 0.244 e. The van der Waals surface area contributed by atoms with Crippen LogP contribution in [0.15, 0.2) is 42.5 Å². The molecule has 35 heavy (non-hydrogen) atoms. The zero-order valence-corrected chi connectivity index (χ0v) is 22.9. The molecule has 10 heteroatoms. The molecule has 2 aromatic rings. The van der Waals surface area contributed by atoms with Crippen molar-refractivity contribution in [2.24, 2.45) is 0 Å². The molecule has 0 aliphatic rings. The van der Waals surface area contributed by atoms with E-state index in [4.69, 9.17) is 23.2 Å². The van der Waals surface area contributed by atoms with Crippen LogP contribution in [0.3, 0.4) is 0 Å². The average molecular weight is 543 g/mol. The number of carbonyl (C=O) groups excluding carboxylic acids is 2. The van der Waals surface area contributed by atoms with Gasteiger partial charge in [0.1, 0.15) is 12.6 Å². The molecular formula is C25H33Cl2N3O4S. The Hall–Kier alpha value is -2.29. The van der Waals surface area contributed by atoms with Gasteiger partial charge >= 0.3 is 0 Å². The van der Waals surface area contributed by atoms with Gasteiger partial charge in [0.2, 0.25) is 21.8 Å². The number of nitrogens with zero attached hydrogens (tertiary/aromatic N) is 2. The number of hydrogen-bond acceptors (Lipinski definition) is 4. The van der Waals surface area contributed by atoms with E-state index in [0.717, 1.165) is 34.5 Å². The maximum absolute atomic E-state index is 13.6. The van der Waals surface area contributed by atoms with Crippen molar-refractivity contribution in [1.82, 2.24) is 10.2 Å². The molecule has 2 rings (SSSR count). The van der Waals surface area contributed by atoms with Gasteiger partial charge in [0.25, 0.3) is 0 Å². The van der Waals surface area contributed by atoms with Gasteiger partial charge in [-0.25, -0.2) is 8.42 Å². The van der Waals surface area contributed by atoms with Crippen molar-refractivity contribution in [3.05, 3.63) is 63.6 Å². The molecule has 0 aliphatic carbocycles. The van der Waals surface area contributed by atoms with Crippen molar-refractivity contribution >= 4 is 50.7 Å². The zero-order valence-electron chi connectivity index (χ0n) is 20.6. The summed E-state index contributed by atoms with van der Waals surface area (Å²) >= 11 is 12.1. The quantitative estimate of drug-likeness (QED) is 0.391. The minimum Gasteiger partial charge on any atom is -0.354 e. The monoisotopic (exact) mass is 541 g/mol. The summed E-state index contributed by atoms with van der Waals surface area (Å²) in [6, 6.07) is 11.3. The molecule has 0 saturated heterocycles. The van der Waals surface area contributed by atoms with Gasteiger partial charge in [-0.1, -0.05) is 73.3 Å². The largest absolute Gasteiger partial charge is 0.354 e. The van der Waals surface area contributed by atoms with Crippen LogP contribution in [0.2, 0.25) is 10.0 Å². The fourth-order valence-corrected chi connectivity index (χ4v) is 4.70. The molecule has 7 nitrogen and oxygen atoms in total. The van der Waals surface area contributed by atoms with Crippen LogP contribution in [-0.4, -0.2) is 50.5 Å². The fourth-order valence-electron chi connectivity index (χ4n) is 3.57. The summed E-state index contributed by atoms with van der Waals surface area (Å²) in [5.41, 5.74) is 2.12. The minimum absolute atomic E-state index is 0.164. The maximum atomic E-state index is 13.6. The van der Waals surface area contributed by atoms with E-state index < -0.39 is 28.5 Å². The number of aryl methyl sites for hydroxylation is 1. The van der Waals surface area contributed by atoms with Crippen LogP contribution in [0.5, 0.6) is 0 Å². The lowest BCUT2D eigenvalue weighted by molar-refractivity contribution is -0.140. The number of nitrogens with one attached hydrogen (secondary N) is 1. The van der Waals surface area contributed by atoms with Crippen molar-refractivity contribution in [3.63, 3.8) is 0 Å². The highest BCUT2D eigenvalue weighted by Crippen LogP contribution is 2.28. The Kier molecular flexibility index (Phi) is 10.9. The fraction of sp³-hybridized carbons (Fsp3) is 0.440. The first-order valence-electron chi connectivity index (χ1n) is 11.5. The minimum atomic E-state index is -3.84. The molecule has 2 amide bonds. The SMILES string of the molecule is CCCCNC(=O)C(CC)N(Cc1ccc(C)cc1)C(=O)CN(c1ccc(Cl)c(Cl)c1)S(C)(=O)=O. The molecule has 1 unspecified atom stereocenters. The highest BCUT2D eigenvalue weighted by Gasteiger charge is 2.31. The van der Waals surface area contributed by atoms with Gasteiger partial charge in [0.05, 0.1) is 22.0 Å². The standard InChI is InChI=1S/C25H33Cl2N3O4S/c1-5-7-14-28-25(32)23(6-2)29(16-19-10-8-18(3)9-11-19)24(31)17-30(35(4,33)34)20-12-13-21(26)22(27)15-20/h8-13,15,23H,5-7,14,16-17H2,1-4H3,(H,28,32). The van der Waals surface area contributed by atoms with Crippen LogP contribution in [0.25, 0.3) is 0 Å². The Morgan fingerprint density at radius 2 is 1.69 bits per heavy atom. The van der Waals surface area contributed by atoms with Gasteiger partial charge < -0.3 is 10.2 Å². The lowest BCUT2D eigenvalue weighted by Gasteiger charge is -2.33. The summed E-state index contributed by atoms with van der Waals surface area (Å²) in [5.74, 6) is -0.763. The number of benzene rings is 2. The first kappa shape index (κ1) is 28.9. The van der Waals surface area contributed by atoms with E-state index in [1.165, 1.54) is 23.1 Å². The van der Waals surface area contributed by atoms with E-state index in [1.807, 2.05) is 45.0 Å². The Morgan fingerprint density at radius 1 is 1.03 bits per heavy atom. The van der Waals surface area contributed by atoms with Crippen LogP contribution >= 0.6 is 23.2 Å². The predicted octanol–water partition coefficient (Wildman–Crippen LogP) is 4.79. The summed E-state index contributed by atoms with van der Waals surface area (Å²) in [6.45, 7) is 6.01. The Labute approximate surface area is 218 Å². The molecule has 2 aromatic carbocycles. The van der Waals surface area contributed by atoms with Crippen LogP contribution in [0, 0.1) is 6.92 Å². The van der Waals surface area contributed by atoms with E-state index in [1.54, 1.807) is 0 Å². The van der Waals surface area contributed by atoms with E-state index in [0.29, 0.717) is 13.0 Å². The number of unbranched alkanes of at least 4 members (excludes halogenated alkanes) is 1. The summed E-state index contributed by atoms with van der Waals surface area (Å²) in [6.07, 6.45) is 3.15. The number of halogens is 2. The lowest BCUT2D eigenvalue weighted by Crippen LogP contribution is -2.52. The second kappa shape index (κ2) is 13.1. The summed E-state index contributed by atoms with van der Waals surface area (Å²) in [7, 11) is -3.84. The number of hydrogen-bond donors (Lipinski definition) is 1. The van der Waals surface area contributed by atoms with Crippen LogP contribution < -0.4 is 9.62 Å². The third-order valence-corrected chi connectivity index (χ3v) is 7.44. The van der Waals surface area contributed by atoms with Crippen molar-refractivity contribution in [3.8, 4) is 0 Å². The highest BCUT2D eigenvalue weighted by molar-refractivity contribution is 7.92. The molecule has 1 atom stereocenters. The van der Waals surface area contributed by atoms with Gasteiger partial charge in [-0.3, -0.25) is 13.9 Å². The second-order valence-corrected chi connectivity index (χ2v) is 11.2. The molecule has 0 heterocycles. The molecule has 1 N–H and O–H groups in total. The predicted molar refractivity (Wildman–Crippen MR) is 142 cm³/mol. The van der Waals surface area contributed by atoms with Crippen molar-refractivity contribution in [2.75, 3.05) is 23.7 Å². The summed E-state index contributed by atoms with van der Waals surface area (Å²) < 4.78 is 26.2. The van der Waals surface area contributed by atoms with E-state index in [2.05, 4.69) is 5.32 Å². The van der Waals surface area contributed by atoms with Crippen molar-refractivity contribution < 1.29 is 18.0 Å². The molecule has 0 saturated carbocycles. The molecule has 0 bridgehead atoms. The van der Waals surface area contributed by atoms with Crippen LogP contribution in [0.4, 0.5) is 5.69 Å². The van der Waals surface area contributed by atoms with Gasteiger partial charge in [0.15, 0.2) is 0 Å². The van der Waals surface area contributed by atoms with E-state index in [-0.39, 0.29) is 28.2 Å². The molecule has 0 aromatic heterocycles. The normalized spacial score (nSPS) is 12.2. The molecule has 0 spiro atoms. The zero-order chi connectivity index (χ0) is 26.2. The lowest BCUT2D eigenvalue weighted by atomic mass is 10.1. The molecule has 0 aliphatic heterocycles. The molecular weight excluding hydrogens is 509 g/mol. The summed E-state index contributed by atoms with van der Waals surface area (Å²) in [4.78, 5) is 28.1. The second-order valence-electron chi connectivity index (χ2n) is 8.44. The number of amides is 2. The number of anilines is 1. The van der Waals surface area contributed by atoms with Crippen LogP contribution in [0.1, 0.15) is 44.2 Å². The third-order valence-electron chi connectivity index (χ3n) is 5.56. The van der Waals surface area contributed by atoms with Gasteiger partial charge in [0, 0.05) is 13.1 Å². The molecule has 0 radical (unpaired) electrons. The van der Waals surface area contributed by atoms with Crippen LogP contribution in [-0.2, 0) is 26.2 Å². The maximum Gasteiger partial charge on any atom is 0.244 e. The highest BCUT2D eigenvalue weighted by atomic mass is 35.5. The average Bonchev–Trinajstić information content (AvgIpc) is 2.80. The van der Waals surface area contributed by atoms with E-state index >= 15 is 0 Å². The first-order chi connectivity index (χ1) is 16.5. The van der Waals surface area contributed by atoms with Gasteiger partial charge in [-0.15, -0.1) is 0 Å². The van der Waals surface area contributed by atoms with E-state index in [9.17, 15) is 18.0 Å². The molecule has 0 fully saturated rings. The third kappa shape index (κ3) is 8.40. The van der Waals surface area contributed by atoms with Crippen molar-refractivity contribution in [2.45, 2.75) is 52.6 Å².